The van der Waals surface area contributed by atoms with Crippen LogP contribution in [0.25, 0.3) is 17.5 Å². The number of hydrogen-bond donors (Lipinski definition) is 0. The molecule has 3 aromatic rings. The van der Waals surface area contributed by atoms with E-state index in [0.717, 1.165) is 22.8 Å². The lowest BCUT2D eigenvalue weighted by Crippen LogP contribution is -2.04. The van der Waals surface area contributed by atoms with Crippen LogP contribution in [0, 0.1) is 25.2 Å². The molecule has 3 rings (SSSR count). The monoisotopic (exact) mass is 346 g/mol. The van der Waals surface area contributed by atoms with Gasteiger partial charge in [-0.15, -0.1) is 0 Å². The first-order valence-electron chi connectivity index (χ1n) is 8.05. The van der Waals surface area contributed by atoms with Crippen molar-refractivity contribution in [2.24, 2.45) is 0 Å². The number of carbonyl (C=O) groups is 1. The van der Waals surface area contributed by atoms with Gasteiger partial charge in [0.05, 0.1) is 18.5 Å². The first-order chi connectivity index (χ1) is 12.5. The van der Waals surface area contributed by atoms with Crippen molar-refractivity contribution in [3.63, 3.8) is 0 Å². The molecule has 0 atom stereocenters. The Bertz CT molecular complexity index is 1020. The molecule has 2 heterocycles. The average molecular weight is 346 g/mol. The highest BCUT2D eigenvalue weighted by Crippen LogP contribution is 2.19. The number of rotatable bonds is 4. The van der Waals surface area contributed by atoms with E-state index >= 15 is 0 Å². The van der Waals surface area contributed by atoms with Gasteiger partial charge in [0.15, 0.2) is 0 Å². The molecule has 6 heteroatoms. The predicted octanol–water partition coefficient (Wildman–Crippen LogP) is 3.36. The maximum Gasteiger partial charge on any atom is 0.348 e. The van der Waals surface area contributed by atoms with Crippen LogP contribution in [-0.4, -0.2) is 27.4 Å². The summed E-state index contributed by atoms with van der Waals surface area (Å²) in [6.07, 6.45) is 3.39. The summed E-state index contributed by atoms with van der Waals surface area (Å²) in [5.74, 6) is -0.653. The third-order valence-corrected chi connectivity index (χ3v) is 3.98. The van der Waals surface area contributed by atoms with Gasteiger partial charge in [0.1, 0.15) is 11.6 Å². The van der Waals surface area contributed by atoms with Gasteiger partial charge in [-0.3, -0.25) is 0 Å². The SMILES string of the molecule is COC(=O)C(C#N)=Cc1cccn1-c1ccc(-n2nc(C)cc2C)cc1. The largest absolute Gasteiger partial charge is 0.465 e. The summed E-state index contributed by atoms with van der Waals surface area (Å²) in [6.45, 7) is 3.98. The van der Waals surface area contributed by atoms with Gasteiger partial charge in [-0.2, -0.15) is 10.4 Å². The highest BCUT2D eigenvalue weighted by Gasteiger charge is 2.11. The van der Waals surface area contributed by atoms with E-state index in [9.17, 15) is 4.79 Å². The van der Waals surface area contributed by atoms with Crippen LogP contribution in [0.2, 0.25) is 0 Å². The van der Waals surface area contributed by atoms with E-state index in [1.807, 2.05) is 77.8 Å². The molecule has 130 valence electrons. The van der Waals surface area contributed by atoms with Crippen LogP contribution in [0.5, 0.6) is 0 Å². The third-order valence-electron chi connectivity index (χ3n) is 3.98. The molecule has 0 radical (unpaired) electrons. The fourth-order valence-corrected chi connectivity index (χ4v) is 2.79. The second-order valence-electron chi connectivity index (χ2n) is 5.82. The zero-order valence-corrected chi connectivity index (χ0v) is 14.8. The lowest BCUT2D eigenvalue weighted by Gasteiger charge is -2.09. The number of aryl methyl sites for hydroxylation is 2. The van der Waals surface area contributed by atoms with Crippen LogP contribution in [0.1, 0.15) is 17.1 Å². The van der Waals surface area contributed by atoms with E-state index in [1.165, 1.54) is 13.2 Å². The fourth-order valence-electron chi connectivity index (χ4n) is 2.79. The number of hydrogen-bond acceptors (Lipinski definition) is 4. The number of nitrogens with zero attached hydrogens (tertiary/aromatic N) is 4. The molecular weight excluding hydrogens is 328 g/mol. The number of aromatic nitrogens is 3. The molecule has 26 heavy (non-hydrogen) atoms. The number of carbonyl (C=O) groups excluding carboxylic acids is 1. The maximum absolute atomic E-state index is 11.6. The summed E-state index contributed by atoms with van der Waals surface area (Å²) in [5.41, 5.74) is 4.58. The van der Waals surface area contributed by atoms with Crippen LogP contribution in [0.15, 0.2) is 54.2 Å². The normalized spacial score (nSPS) is 11.2. The topological polar surface area (TPSA) is 72.8 Å². The van der Waals surface area contributed by atoms with Crippen LogP contribution >= 0.6 is 0 Å². The molecule has 0 aliphatic rings. The Morgan fingerprint density at radius 1 is 1.19 bits per heavy atom. The van der Waals surface area contributed by atoms with Gasteiger partial charge in [-0.25, -0.2) is 9.48 Å². The molecular formula is C20H18N4O2. The van der Waals surface area contributed by atoms with Gasteiger partial charge in [-0.05, 0) is 62.4 Å². The molecule has 2 aromatic heterocycles. The van der Waals surface area contributed by atoms with Crippen molar-refractivity contribution in [3.05, 3.63) is 71.3 Å². The summed E-state index contributed by atoms with van der Waals surface area (Å²) >= 11 is 0. The average Bonchev–Trinajstić information content (AvgIpc) is 3.24. The lowest BCUT2D eigenvalue weighted by molar-refractivity contribution is -0.135. The second-order valence-corrected chi connectivity index (χ2v) is 5.82. The smallest absolute Gasteiger partial charge is 0.348 e. The van der Waals surface area contributed by atoms with Crippen LogP contribution < -0.4 is 0 Å². The van der Waals surface area contributed by atoms with Gasteiger partial charge in [-0.1, -0.05) is 0 Å². The Labute approximate surface area is 151 Å². The van der Waals surface area contributed by atoms with Crippen molar-refractivity contribution in [1.82, 2.24) is 14.3 Å². The molecule has 0 amide bonds. The second kappa shape index (κ2) is 7.11. The molecule has 0 spiro atoms. The molecule has 0 fully saturated rings. The van der Waals surface area contributed by atoms with Crippen molar-refractivity contribution in [2.75, 3.05) is 7.11 Å². The minimum atomic E-state index is -0.653. The summed E-state index contributed by atoms with van der Waals surface area (Å²) in [5, 5.41) is 13.6. The van der Waals surface area contributed by atoms with E-state index in [2.05, 4.69) is 9.84 Å². The number of ether oxygens (including phenoxy) is 1. The molecule has 0 saturated heterocycles. The number of methoxy groups -OCH3 is 1. The Balaban J connectivity index is 1.96. The lowest BCUT2D eigenvalue weighted by atomic mass is 10.2. The Morgan fingerprint density at radius 3 is 2.46 bits per heavy atom. The Hall–Kier alpha value is -3.59. The Morgan fingerprint density at radius 2 is 1.88 bits per heavy atom. The van der Waals surface area contributed by atoms with E-state index in [4.69, 9.17) is 5.26 Å². The van der Waals surface area contributed by atoms with Crippen LogP contribution in [0.4, 0.5) is 0 Å². The van der Waals surface area contributed by atoms with Crippen molar-refractivity contribution in [2.45, 2.75) is 13.8 Å². The molecule has 6 nitrogen and oxygen atoms in total. The number of nitriles is 1. The van der Waals surface area contributed by atoms with E-state index in [-0.39, 0.29) is 5.57 Å². The fraction of sp³-hybridized carbons (Fsp3) is 0.150. The van der Waals surface area contributed by atoms with Gasteiger partial charge < -0.3 is 9.30 Å². The van der Waals surface area contributed by atoms with Crippen molar-refractivity contribution in [1.29, 1.82) is 5.26 Å². The van der Waals surface area contributed by atoms with Gasteiger partial charge in [0, 0.05) is 23.3 Å². The highest BCUT2D eigenvalue weighted by atomic mass is 16.5. The summed E-state index contributed by atoms with van der Waals surface area (Å²) in [7, 11) is 1.25. The molecule has 0 aliphatic heterocycles. The Kier molecular flexibility index (Phi) is 4.72. The van der Waals surface area contributed by atoms with Crippen molar-refractivity contribution < 1.29 is 9.53 Å². The van der Waals surface area contributed by atoms with Crippen LogP contribution in [0.3, 0.4) is 0 Å². The van der Waals surface area contributed by atoms with Gasteiger partial charge >= 0.3 is 5.97 Å². The summed E-state index contributed by atoms with van der Waals surface area (Å²) in [4.78, 5) is 11.6. The predicted molar refractivity (Wildman–Crippen MR) is 98.0 cm³/mol. The van der Waals surface area contributed by atoms with Crippen LogP contribution in [-0.2, 0) is 9.53 Å². The highest BCUT2D eigenvalue weighted by molar-refractivity contribution is 5.97. The zero-order valence-electron chi connectivity index (χ0n) is 14.8. The van der Waals surface area contributed by atoms with E-state index < -0.39 is 5.97 Å². The quantitative estimate of drug-likeness (QED) is 0.412. The minimum Gasteiger partial charge on any atom is -0.465 e. The molecule has 1 aromatic carbocycles. The molecule has 0 unspecified atom stereocenters. The third kappa shape index (κ3) is 3.28. The van der Waals surface area contributed by atoms with E-state index in [1.54, 1.807) is 0 Å². The van der Waals surface area contributed by atoms with Gasteiger partial charge in [0.25, 0.3) is 0 Å². The van der Waals surface area contributed by atoms with E-state index in [0.29, 0.717) is 5.69 Å². The standard InChI is InChI=1S/C20H18N4O2/c1-14-11-15(2)24(22-14)18-8-6-17(7-9-18)23-10-4-5-19(23)12-16(13-21)20(25)26-3/h4-12H,1-3H3. The molecule has 0 N–H and O–H groups in total. The first-order valence-corrected chi connectivity index (χ1v) is 8.05. The minimum absolute atomic E-state index is 0.0493. The summed E-state index contributed by atoms with van der Waals surface area (Å²) in [6, 6.07) is 15.5. The van der Waals surface area contributed by atoms with Gasteiger partial charge in [0.2, 0.25) is 0 Å². The number of esters is 1. The molecule has 0 saturated carbocycles. The zero-order chi connectivity index (χ0) is 18.7. The molecule has 0 bridgehead atoms. The first kappa shape index (κ1) is 17.2. The van der Waals surface area contributed by atoms with Crippen molar-refractivity contribution >= 4 is 12.0 Å². The number of benzene rings is 1. The van der Waals surface area contributed by atoms with Crippen molar-refractivity contribution in [3.8, 4) is 17.4 Å². The summed E-state index contributed by atoms with van der Waals surface area (Å²) < 4.78 is 8.41. The molecule has 0 aliphatic carbocycles. The maximum atomic E-state index is 11.6.